The molecule has 2 aliphatic rings. The summed E-state index contributed by atoms with van der Waals surface area (Å²) in [5, 5.41) is 4.59. The number of nitrogens with one attached hydrogen (secondary N) is 1. The highest BCUT2D eigenvalue weighted by Crippen LogP contribution is 2.53. The van der Waals surface area contributed by atoms with Crippen LogP contribution in [0.25, 0.3) is 0 Å². The van der Waals surface area contributed by atoms with Crippen LogP contribution in [0.2, 0.25) is 10.0 Å². The predicted molar refractivity (Wildman–Crippen MR) is 102 cm³/mol. The second-order valence-corrected chi connectivity index (χ2v) is 8.26. The quantitative estimate of drug-likeness (QED) is 0.763. The molecule has 1 saturated heterocycles. The molecule has 0 aromatic heterocycles. The normalized spacial score (nSPS) is 31.5. The minimum absolute atomic E-state index is 0.110. The largest absolute Gasteiger partial charge is 0.356 e. The third-order valence-electron chi connectivity index (χ3n) is 5.96. The van der Waals surface area contributed by atoms with Crippen molar-refractivity contribution in [2.24, 2.45) is 17.8 Å². The van der Waals surface area contributed by atoms with Crippen molar-refractivity contribution in [3.63, 3.8) is 0 Å². The van der Waals surface area contributed by atoms with Crippen LogP contribution >= 0.6 is 23.2 Å². The summed E-state index contributed by atoms with van der Waals surface area (Å²) in [5.74, 6) is 1.74. The van der Waals surface area contributed by atoms with E-state index in [9.17, 15) is 4.79 Å². The van der Waals surface area contributed by atoms with Crippen LogP contribution in [0, 0.1) is 17.8 Å². The van der Waals surface area contributed by atoms with Gasteiger partial charge in [0.25, 0.3) is 0 Å². The van der Waals surface area contributed by atoms with Crippen molar-refractivity contribution in [1.29, 1.82) is 0 Å². The van der Waals surface area contributed by atoms with Crippen LogP contribution in [0.15, 0.2) is 48.5 Å². The van der Waals surface area contributed by atoms with Crippen LogP contribution in [0.4, 0.5) is 0 Å². The number of fused-ring (bicyclic) bond motifs is 1. The molecule has 1 amide bonds. The third-order valence-corrected chi connectivity index (χ3v) is 6.47. The number of rotatable bonds is 2. The molecule has 2 aromatic rings. The fraction of sp³-hybridized carbons (Fsp3) is 0.381. The summed E-state index contributed by atoms with van der Waals surface area (Å²) in [6, 6.07) is 16.3. The number of hydrogen-bond donors (Lipinski definition) is 1. The van der Waals surface area contributed by atoms with E-state index in [1.54, 1.807) is 0 Å². The first kappa shape index (κ1) is 16.9. The Labute approximate surface area is 158 Å². The van der Waals surface area contributed by atoms with Gasteiger partial charge in [-0.15, -0.1) is 0 Å². The van der Waals surface area contributed by atoms with E-state index in [2.05, 4.69) is 36.5 Å². The maximum Gasteiger partial charge on any atom is 0.223 e. The molecule has 0 unspecified atom stereocenters. The zero-order valence-electron chi connectivity index (χ0n) is 14.1. The van der Waals surface area contributed by atoms with E-state index in [-0.39, 0.29) is 11.8 Å². The molecule has 2 aromatic carbocycles. The standard InChI is InChI=1S/C21H21Cl2NO/c1-12-10-17-18(11-24-21(17)25)20(14-4-8-16(23)9-5-14)19(12)13-2-6-15(22)7-3-13/h2-9,12,17-20H,10-11H2,1H3,(H,24,25)/t12-,17+,18+,19-,20+/m0/s1. The van der Waals surface area contributed by atoms with Crippen molar-refractivity contribution in [2.75, 3.05) is 6.54 Å². The minimum atomic E-state index is 0.110. The smallest absolute Gasteiger partial charge is 0.223 e. The first-order valence-electron chi connectivity index (χ1n) is 8.83. The van der Waals surface area contributed by atoms with Crippen LogP contribution in [0.1, 0.15) is 36.3 Å². The molecule has 0 radical (unpaired) electrons. The maximum absolute atomic E-state index is 12.3. The number of hydrogen-bond acceptors (Lipinski definition) is 1. The summed E-state index contributed by atoms with van der Waals surface area (Å²) in [4.78, 5) is 12.3. The van der Waals surface area contributed by atoms with Gasteiger partial charge in [0.2, 0.25) is 5.91 Å². The fourth-order valence-corrected chi connectivity index (χ4v) is 5.13. The highest BCUT2D eigenvalue weighted by Gasteiger charge is 2.49. The Morgan fingerprint density at radius 2 is 1.40 bits per heavy atom. The second-order valence-electron chi connectivity index (χ2n) is 7.38. The Bertz CT molecular complexity index is 771. The van der Waals surface area contributed by atoms with Gasteiger partial charge in [0, 0.05) is 22.5 Å². The Morgan fingerprint density at radius 3 is 1.96 bits per heavy atom. The van der Waals surface area contributed by atoms with Gasteiger partial charge in [0.15, 0.2) is 0 Å². The van der Waals surface area contributed by atoms with E-state index in [1.165, 1.54) is 11.1 Å². The number of carbonyl (C=O) groups excluding carboxylic acids is 1. The topological polar surface area (TPSA) is 29.1 Å². The van der Waals surface area contributed by atoms with Crippen LogP contribution < -0.4 is 5.32 Å². The molecule has 0 bridgehead atoms. The average Bonchev–Trinajstić information content (AvgIpc) is 2.96. The molecule has 2 nitrogen and oxygen atoms in total. The predicted octanol–water partition coefficient (Wildman–Crippen LogP) is 5.26. The average molecular weight is 374 g/mol. The second kappa shape index (κ2) is 6.66. The number of amides is 1. The summed E-state index contributed by atoms with van der Waals surface area (Å²) >= 11 is 12.2. The molecule has 1 heterocycles. The molecular weight excluding hydrogens is 353 g/mol. The zero-order chi connectivity index (χ0) is 17.6. The van der Waals surface area contributed by atoms with Crippen molar-refractivity contribution >= 4 is 29.1 Å². The molecule has 2 fully saturated rings. The Balaban J connectivity index is 1.80. The summed E-state index contributed by atoms with van der Waals surface area (Å²) in [6.07, 6.45) is 0.938. The third kappa shape index (κ3) is 3.07. The number of benzene rings is 2. The van der Waals surface area contributed by atoms with Crippen molar-refractivity contribution in [2.45, 2.75) is 25.2 Å². The first-order valence-corrected chi connectivity index (χ1v) is 9.59. The minimum Gasteiger partial charge on any atom is -0.356 e. The molecule has 5 atom stereocenters. The molecule has 4 rings (SSSR count). The van der Waals surface area contributed by atoms with Crippen LogP contribution in [0.3, 0.4) is 0 Å². The van der Waals surface area contributed by atoms with E-state index in [4.69, 9.17) is 23.2 Å². The highest BCUT2D eigenvalue weighted by atomic mass is 35.5. The molecule has 1 aliphatic heterocycles. The van der Waals surface area contributed by atoms with E-state index >= 15 is 0 Å². The van der Waals surface area contributed by atoms with Gasteiger partial charge >= 0.3 is 0 Å². The van der Waals surface area contributed by atoms with Gasteiger partial charge in [-0.25, -0.2) is 0 Å². The molecule has 130 valence electrons. The fourth-order valence-electron chi connectivity index (χ4n) is 4.87. The SMILES string of the molecule is C[C@H]1C[C@H]2C(=O)NC[C@H]2[C@@H](c2ccc(Cl)cc2)[C@@H]1c1ccc(Cl)cc1. The van der Waals surface area contributed by atoms with Gasteiger partial charge in [0.1, 0.15) is 0 Å². The summed E-state index contributed by atoms with van der Waals surface area (Å²) in [5.41, 5.74) is 2.57. The maximum atomic E-state index is 12.3. The monoisotopic (exact) mass is 373 g/mol. The molecule has 25 heavy (non-hydrogen) atoms. The lowest BCUT2D eigenvalue weighted by Crippen LogP contribution is -2.37. The zero-order valence-corrected chi connectivity index (χ0v) is 15.6. The highest BCUT2D eigenvalue weighted by molar-refractivity contribution is 6.30. The number of halogens is 2. The molecule has 0 spiro atoms. The van der Waals surface area contributed by atoms with Gasteiger partial charge in [-0.3, -0.25) is 4.79 Å². The van der Waals surface area contributed by atoms with Crippen molar-refractivity contribution in [3.05, 3.63) is 69.7 Å². The van der Waals surface area contributed by atoms with E-state index in [0.717, 1.165) is 23.0 Å². The van der Waals surface area contributed by atoms with Gasteiger partial charge in [-0.2, -0.15) is 0 Å². The molecule has 1 aliphatic carbocycles. The van der Waals surface area contributed by atoms with Crippen LogP contribution in [-0.2, 0) is 4.79 Å². The summed E-state index contributed by atoms with van der Waals surface area (Å²) in [6.45, 7) is 3.03. The van der Waals surface area contributed by atoms with Crippen molar-refractivity contribution < 1.29 is 4.79 Å². The first-order chi connectivity index (χ1) is 12.0. The van der Waals surface area contributed by atoms with Crippen molar-refractivity contribution in [1.82, 2.24) is 5.32 Å². The molecular formula is C21H21Cl2NO. The molecule has 1 saturated carbocycles. The van der Waals surface area contributed by atoms with Gasteiger partial charge in [-0.1, -0.05) is 54.4 Å². The van der Waals surface area contributed by atoms with Gasteiger partial charge in [0.05, 0.1) is 0 Å². The van der Waals surface area contributed by atoms with Gasteiger partial charge < -0.3 is 5.32 Å². The lowest BCUT2D eigenvalue weighted by molar-refractivity contribution is -0.124. The van der Waals surface area contributed by atoms with E-state index in [0.29, 0.717) is 23.7 Å². The van der Waals surface area contributed by atoms with Gasteiger partial charge in [-0.05, 0) is 65.5 Å². The van der Waals surface area contributed by atoms with E-state index < -0.39 is 0 Å². The lowest BCUT2D eigenvalue weighted by atomic mass is 9.59. The molecule has 4 heteroatoms. The van der Waals surface area contributed by atoms with Crippen LogP contribution in [-0.4, -0.2) is 12.5 Å². The summed E-state index contributed by atoms with van der Waals surface area (Å²) in [7, 11) is 0. The van der Waals surface area contributed by atoms with E-state index in [1.807, 2.05) is 24.3 Å². The number of carbonyl (C=O) groups is 1. The van der Waals surface area contributed by atoms with Crippen LogP contribution in [0.5, 0.6) is 0 Å². The lowest BCUT2D eigenvalue weighted by Gasteiger charge is -2.43. The molecule has 1 N–H and O–H groups in total. The Kier molecular flexibility index (Phi) is 4.51. The Hall–Kier alpha value is -1.51. The Morgan fingerprint density at radius 1 is 0.880 bits per heavy atom. The summed E-state index contributed by atoms with van der Waals surface area (Å²) < 4.78 is 0. The van der Waals surface area contributed by atoms with Crippen molar-refractivity contribution in [3.8, 4) is 0 Å².